The number of carbonyl (C=O) groups excluding carboxylic acids is 1. The summed E-state index contributed by atoms with van der Waals surface area (Å²) in [6.07, 6.45) is 6.47. The molecule has 1 unspecified atom stereocenters. The Labute approximate surface area is 248 Å². The van der Waals surface area contributed by atoms with Gasteiger partial charge in [-0.2, -0.15) is 0 Å². The Balaban J connectivity index is 1.35. The van der Waals surface area contributed by atoms with Crippen molar-refractivity contribution in [3.05, 3.63) is 82.7 Å². The lowest BCUT2D eigenvalue weighted by atomic mass is 10.0. The lowest BCUT2D eigenvalue weighted by Gasteiger charge is -2.40. The molecule has 1 fully saturated rings. The molecule has 0 radical (unpaired) electrons. The SMILES string of the molecule is O=C(CNc1cc(Cl)cc(Cl)c1)N1CCCC(N(CCc2ccccc2)c2ncnc3c2ccn3SI)C1. The fourth-order valence-corrected chi connectivity index (χ4v) is 6.73. The van der Waals surface area contributed by atoms with Gasteiger partial charge in [-0.1, -0.05) is 53.5 Å². The van der Waals surface area contributed by atoms with Crippen LogP contribution in [-0.4, -0.2) is 57.0 Å². The number of rotatable bonds is 9. The van der Waals surface area contributed by atoms with E-state index < -0.39 is 0 Å². The molecule has 3 heterocycles. The van der Waals surface area contributed by atoms with Gasteiger partial charge in [-0.25, -0.2) is 9.97 Å². The number of nitrogens with one attached hydrogen (secondary N) is 1. The number of anilines is 2. The van der Waals surface area contributed by atoms with Crippen molar-refractivity contribution in [1.82, 2.24) is 18.8 Å². The van der Waals surface area contributed by atoms with Crippen LogP contribution in [0.25, 0.3) is 11.0 Å². The van der Waals surface area contributed by atoms with Gasteiger partial charge in [0.1, 0.15) is 12.1 Å². The summed E-state index contributed by atoms with van der Waals surface area (Å²) >= 11 is 14.5. The molecular formula is C27H27Cl2IN6OS. The average Bonchev–Trinajstić information content (AvgIpc) is 3.36. The smallest absolute Gasteiger partial charge is 0.241 e. The van der Waals surface area contributed by atoms with Gasteiger partial charge < -0.3 is 15.1 Å². The Morgan fingerprint density at radius 3 is 2.68 bits per heavy atom. The summed E-state index contributed by atoms with van der Waals surface area (Å²) in [4.78, 5) is 26.8. The molecule has 4 aromatic rings. The largest absolute Gasteiger partial charge is 0.376 e. The molecule has 1 atom stereocenters. The van der Waals surface area contributed by atoms with Gasteiger partial charge in [-0.3, -0.25) is 8.77 Å². The lowest BCUT2D eigenvalue weighted by Crippen LogP contribution is -2.52. The maximum absolute atomic E-state index is 13.2. The number of hydrogen-bond donors (Lipinski definition) is 1. The van der Waals surface area contributed by atoms with Crippen molar-refractivity contribution in [3.8, 4) is 0 Å². The van der Waals surface area contributed by atoms with Crippen molar-refractivity contribution in [1.29, 1.82) is 0 Å². The minimum atomic E-state index is 0.0501. The molecule has 11 heteroatoms. The predicted molar refractivity (Wildman–Crippen MR) is 167 cm³/mol. The zero-order valence-electron chi connectivity index (χ0n) is 20.6. The Kier molecular flexibility index (Phi) is 9.19. The first-order valence-corrected chi connectivity index (χ1v) is 16.5. The maximum Gasteiger partial charge on any atom is 0.241 e. The van der Waals surface area contributed by atoms with Gasteiger partial charge in [0.2, 0.25) is 5.91 Å². The molecule has 5 rings (SSSR count). The van der Waals surface area contributed by atoms with E-state index in [0.717, 1.165) is 54.9 Å². The molecule has 0 spiro atoms. The Bertz CT molecular complexity index is 1380. The molecule has 38 heavy (non-hydrogen) atoms. The van der Waals surface area contributed by atoms with E-state index >= 15 is 0 Å². The van der Waals surface area contributed by atoms with Gasteiger partial charge in [0.05, 0.1) is 11.9 Å². The minimum absolute atomic E-state index is 0.0501. The summed E-state index contributed by atoms with van der Waals surface area (Å²) in [6, 6.07) is 17.9. The normalized spacial score (nSPS) is 15.6. The fourth-order valence-electron chi connectivity index (χ4n) is 4.94. The number of fused-ring (bicyclic) bond motifs is 1. The highest BCUT2D eigenvalue weighted by Crippen LogP contribution is 2.31. The number of nitrogens with zero attached hydrogens (tertiary/aromatic N) is 5. The van der Waals surface area contributed by atoms with Crippen molar-refractivity contribution >= 4 is 82.0 Å². The van der Waals surface area contributed by atoms with Crippen LogP contribution in [0, 0.1) is 0 Å². The molecule has 198 valence electrons. The van der Waals surface area contributed by atoms with E-state index in [4.69, 9.17) is 28.2 Å². The number of benzene rings is 2. The molecule has 1 aliphatic rings. The molecule has 7 nitrogen and oxygen atoms in total. The molecule has 1 N–H and O–H groups in total. The van der Waals surface area contributed by atoms with Crippen LogP contribution >= 0.6 is 53.5 Å². The highest BCUT2D eigenvalue weighted by molar-refractivity contribution is 14.2. The third kappa shape index (κ3) is 6.50. The number of carbonyl (C=O) groups is 1. The van der Waals surface area contributed by atoms with Crippen molar-refractivity contribution in [2.24, 2.45) is 0 Å². The first kappa shape index (κ1) is 27.4. The predicted octanol–water partition coefficient (Wildman–Crippen LogP) is 6.74. The van der Waals surface area contributed by atoms with Crippen molar-refractivity contribution < 1.29 is 4.79 Å². The van der Waals surface area contributed by atoms with Crippen molar-refractivity contribution in [3.63, 3.8) is 0 Å². The molecule has 0 saturated carbocycles. The van der Waals surface area contributed by atoms with E-state index in [2.05, 4.69) is 66.7 Å². The number of hydrogen-bond acceptors (Lipinski definition) is 6. The van der Waals surface area contributed by atoms with E-state index in [1.807, 2.05) is 21.1 Å². The van der Waals surface area contributed by atoms with Crippen molar-refractivity contribution in [2.45, 2.75) is 25.3 Å². The second kappa shape index (κ2) is 12.8. The van der Waals surface area contributed by atoms with E-state index in [9.17, 15) is 4.79 Å². The van der Waals surface area contributed by atoms with Gasteiger partial charge in [-0.15, -0.1) is 0 Å². The molecule has 2 aromatic carbocycles. The highest BCUT2D eigenvalue weighted by Gasteiger charge is 2.30. The van der Waals surface area contributed by atoms with Crippen LogP contribution < -0.4 is 10.2 Å². The number of likely N-dealkylation sites (tertiary alicyclic amines) is 1. The average molecular weight is 681 g/mol. The molecule has 1 aliphatic heterocycles. The van der Waals surface area contributed by atoms with Crippen LogP contribution in [0.1, 0.15) is 18.4 Å². The van der Waals surface area contributed by atoms with Gasteiger partial charge in [0.15, 0.2) is 5.65 Å². The first-order valence-electron chi connectivity index (χ1n) is 12.4. The maximum atomic E-state index is 13.2. The lowest BCUT2D eigenvalue weighted by molar-refractivity contribution is -0.130. The zero-order valence-corrected chi connectivity index (χ0v) is 25.1. The Morgan fingerprint density at radius 1 is 1.13 bits per heavy atom. The van der Waals surface area contributed by atoms with Gasteiger partial charge >= 0.3 is 0 Å². The number of halogens is 3. The topological polar surface area (TPSA) is 66.3 Å². The number of amides is 1. The molecule has 1 saturated heterocycles. The molecule has 2 aromatic heterocycles. The van der Waals surface area contributed by atoms with Crippen LogP contribution in [0.15, 0.2) is 67.1 Å². The molecule has 0 aliphatic carbocycles. The zero-order chi connectivity index (χ0) is 26.5. The first-order chi connectivity index (χ1) is 18.5. The van der Waals surface area contributed by atoms with Gasteiger partial charge in [0, 0.05) is 77.9 Å². The quantitative estimate of drug-likeness (QED) is 0.198. The minimum Gasteiger partial charge on any atom is -0.376 e. The standard InChI is InChI=1S/C27H27Cl2IN6OS/c28-20-13-21(29)15-22(14-20)31-16-25(37)34-10-4-7-23(17-34)35(11-8-19-5-2-1-3-6-19)26-24-9-12-36(38-30)27(24)33-18-32-26/h1-3,5-6,9,12-15,18,23,31H,4,7-8,10-11,16-17H2. The van der Waals surface area contributed by atoms with E-state index in [1.54, 1.807) is 33.6 Å². The number of piperidine rings is 1. The van der Waals surface area contributed by atoms with Crippen molar-refractivity contribution in [2.75, 3.05) is 36.4 Å². The summed E-state index contributed by atoms with van der Waals surface area (Å²) in [5, 5.41) is 5.27. The third-order valence-corrected chi connectivity index (χ3v) is 8.91. The summed E-state index contributed by atoms with van der Waals surface area (Å²) in [7, 11) is 1.58. The summed E-state index contributed by atoms with van der Waals surface area (Å²) in [6.45, 7) is 2.35. The monoisotopic (exact) mass is 680 g/mol. The van der Waals surface area contributed by atoms with Crippen LogP contribution in [-0.2, 0) is 11.2 Å². The second-order valence-corrected chi connectivity index (χ2v) is 11.8. The molecule has 1 amide bonds. The summed E-state index contributed by atoms with van der Waals surface area (Å²) in [5.74, 6) is 0.968. The Morgan fingerprint density at radius 2 is 1.92 bits per heavy atom. The van der Waals surface area contributed by atoms with Gasteiger partial charge in [-0.05, 0) is 49.1 Å². The summed E-state index contributed by atoms with van der Waals surface area (Å²) in [5.41, 5.74) is 2.90. The second-order valence-electron chi connectivity index (χ2n) is 9.22. The Hall–Kier alpha value is -2.21. The third-order valence-electron chi connectivity index (χ3n) is 6.75. The van der Waals surface area contributed by atoms with Crippen LogP contribution in [0.2, 0.25) is 10.0 Å². The van der Waals surface area contributed by atoms with Crippen LogP contribution in [0.3, 0.4) is 0 Å². The fraction of sp³-hybridized carbons (Fsp3) is 0.296. The molecule has 0 bridgehead atoms. The van der Waals surface area contributed by atoms with Gasteiger partial charge in [0.25, 0.3) is 0 Å². The molecular weight excluding hydrogens is 654 g/mol. The van der Waals surface area contributed by atoms with Crippen LogP contribution in [0.4, 0.5) is 11.5 Å². The van der Waals surface area contributed by atoms with E-state index in [0.29, 0.717) is 16.6 Å². The summed E-state index contributed by atoms with van der Waals surface area (Å²) < 4.78 is 2.04. The highest BCUT2D eigenvalue weighted by atomic mass is 127. The van der Waals surface area contributed by atoms with E-state index in [1.165, 1.54) is 5.56 Å². The van der Waals surface area contributed by atoms with E-state index in [-0.39, 0.29) is 18.5 Å². The van der Waals surface area contributed by atoms with Crippen LogP contribution in [0.5, 0.6) is 0 Å². The number of aromatic nitrogens is 3.